The SMILES string of the molecule is [NH4+].[Na+].[Na+].[Na+].[O]=[V](=[O])[O-].[O]=[V](=[O])[O-]. The zero-order chi connectivity index (χ0) is 7.15. The normalized spacial score (nSPS) is 4.17. The van der Waals surface area contributed by atoms with E-state index in [1.165, 1.54) is 0 Å². The molecule has 0 spiro atoms. The van der Waals surface area contributed by atoms with Crippen LogP contribution in [0.4, 0.5) is 0 Å². The molecular formula is H4NNa3O6V2+2. The Kier molecular flexibility index (Phi) is 88.2. The minimum atomic E-state index is -3.94. The Morgan fingerprint density at radius 3 is 0.667 bits per heavy atom. The average Bonchev–Trinajstić information content (AvgIpc) is 1.25. The molecule has 0 rings (SSSR count). The summed E-state index contributed by atoms with van der Waals surface area (Å²) in [5, 5.41) is 0. The van der Waals surface area contributed by atoms with Gasteiger partial charge in [0.1, 0.15) is 0 Å². The van der Waals surface area contributed by atoms with Gasteiger partial charge in [-0.25, -0.2) is 0 Å². The summed E-state index contributed by atoms with van der Waals surface area (Å²) in [6, 6.07) is 0. The molecule has 4 N–H and O–H groups in total. The van der Waals surface area contributed by atoms with E-state index in [4.69, 9.17) is 22.8 Å². The van der Waals surface area contributed by atoms with Gasteiger partial charge < -0.3 is 6.15 Å². The van der Waals surface area contributed by atoms with Crippen molar-refractivity contribution in [1.82, 2.24) is 6.15 Å². The molecule has 56 valence electrons. The number of hydrogen-bond acceptors (Lipinski definition) is 6. The van der Waals surface area contributed by atoms with Crippen LogP contribution in [0.5, 0.6) is 0 Å². The van der Waals surface area contributed by atoms with Crippen molar-refractivity contribution in [3.8, 4) is 0 Å². The molecule has 0 aliphatic heterocycles. The molecule has 0 radical (unpaired) electrons. The maximum absolute atomic E-state index is 8.56. The third-order valence-electron chi connectivity index (χ3n) is 0. The van der Waals surface area contributed by atoms with E-state index >= 15 is 0 Å². The predicted octanol–water partition coefficient (Wildman–Crippen LogP) is -11.5. The Morgan fingerprint density at radius 2 is 0.667 bits per heavy atom. The summed E-state index contributed by atoms with van der Waals surface area (Å²) in [6.45, 7) is 0. The summed E-state index contributed by atoms with van der Waals surface area (Å²) in [4.78, 5) is 0. The molecule has 12 heavy (non-hydrogen) atoms. The van der Waals surface area contributed by atoms with Gasteiger partial charge >= 0.3 is 142 Å². The second-order valence-electron chi connectivity index (χ2n) is 0.447. The standard InChI is InChI=1S/H3N.3Na.6O.2V/h1H3;;;;;;;;;;;/q;3*+1;;;;;2*-1;;/p+1. The van der Waals surface area contributed by atoms with Crippen molar-refractivity contribution < 1.29 is 142 Å². The molecular weight excluding hydrogens is 281 g/mol. The zero-order valence-corrected chi connectivity index (χ0v) is 16.1. The first kappa shape index (κ1) is 36.2. The van der Waals surface area contributed by atoms with Gasteiger partial charge in [-0.15, -0.1) is 0 Å². The molecule has 0 bridgehead atoms. The molecule has 0 heterocycles. The fourth-order valence-electron chi connectivity index (χ4n) is 0. The number of rotatable bonds is 0. The van der Waals surface area contributed by atoms with Crippen LogP contribution in [0.15, 0.2) is 0 Å². The average molecular weight is 285 g/mol. The van der Waals surface area contributed by atoms with Gasteiger partial charge in [0.25, 0.3) is 0 Å². The molecule has 0 atom stereocenters. The first-order valence-electron chi connectivity index (χ1n) is 1.10. The second-order valence-corrected chi connectivity index (χ2v) is 1.84. The summed E-state index contributed by atoms with van der Waals surface area (Å²) in [5.41, 5.74) is 0. The molecule has 0 aromatic carbocycles. The second kappa shape index (κ2) is 29.2. The molecule has 0 amide bonds. The topological polar surface area (TPSA) is 151 Å². The molecule has 0 saturated carbocycles. The third kappa shape index (κ3) is 188. The van der Waals surface area contributed by atoms with Crippen LogP contribution in [-0.2, 0) is 45.5 Å². The maximum atomic E-state index is 8.56. The monoisotopic (exact) mass is 285 g/mol. The van der Waals surface area contributed by atoms with Crippen molar-refractivity contribution in [2.45, 2.75) is 0 Å². The summed E-state index contributed by atoms with van der Waals surface area (Å²) in [7, 11) is 0. The van der Waals surface area contributed by atoms with Crippen molar-refractivity contribution in [3.63, 3.8) is 0 Å². The van der Waals surface area contributed by atoms with Crippen LogP contribution in [-0.4, -0.2) is 0 Å². The van der Waals surface area contributed by atoms with Crippen molar-refractivity contribution in [2.75, 3.05) is 0 Å². The Bertz CT molecular complexity index is 138. The van der Waals surface area contributed by atoms with Gasteiger partial charge in [-0.1, -0.05) is 0 Å². The van der Waals surface area contributed by atoms with E-state index in [1.54, 1.807) is 0 Å². The molecule has 0 aromatic rings. The first-order valence-corrected chi connectivity index (χ1v) is 4.52. The molecule has 0 aliphatic rings. The van der Waals surface area contributed by atoms with E-state index in [1.807, 2.05) is 0 Å². The van der Waals surface area contributed by atoms with Gasteiger partial charge in [-0.05, 0) is 0 Å². The number of quaternary nitrogens is 1. The van der Waals surface area contributed by atoms with E-state index < -0.39 is 30.8 Å². The van der Waals surface area contributed by atoms with Gasteiger partial charge in [0, 0.05) is 0 Å². The van der Waals surface area contributed by atoms with Crippen LogP contribution < -0.4 is 103 Å². The fraction of sp³-hybridized carbons (Fsp3) is 0. The van der Waals surface area contributed by atoms with Crippen LogP contribution >= 0.6 is 0 Å². The Balaban J connectivity index is -0.0000000112. The molecule has 7 nitrogen and oxygen atoms in total. The molecule has 12 heteroatoms. The molecule has 0 aromatic heterocycles. The van der Waals surface area contributed by atoms with Crippen LogP contribution in [0.1, 0.15) is 0 Å². The van der Waals surface area contributed by atoms with Crippen LogP contribution in [0.3, 0.4) is 0 Å². The quantitative estimate of drug-likeness (QED) is 0.436. The molecule has 0 saturated heterocycles. The molecule has 0 aliphatic carbocycles. The van der Waals surface area contributed by atoms with Crippen LogP contribution in [0.25, 0.3) is 0 Å². The molecule has 0 unspecified atom stereocenters. The zero-order valence-electron chi connectivity index (χ0n) is 7.34. The molecule has 0 fully saturated rings. The van der Waals surface area contributed by atoms with E-state index in [-0.39, 0.29) is 94.8 Å². The number of hydrogen-bond donors (Lipinski definition) is 1. The first-order chi connectivity index (χ1) is 3.46. The third-order valence-corrected chi connectivity index (χ3v) is 0. The van der Waals surface area contributed by atoms with Crippen molar-refractivity contribution in [1.29, 1.82) is 0 Å². The van der Waals surface area contributed by atoms with Crippen LogP contribution in [0, 0.1) is 0 Å². The van der Waals surface area contributed by atoms with Crippen molar-refractivity contribution in [2.24, 2.45) is 0 Å². The summed E-state index contributed by atoms with van der Waals surface area (Å²) < 4.78 is 51.4. The van der Waals surface area contributed by atoms with Gasteiger partial charge in [-0.3, -0.25) is 0 Å². The van der Waals surface area contributed by atoms with E-state index in [9.17, 15) is 0 Å². The van der Waals surface area contributed by atoms with E-state index in [0.717, 1.165) is 0 Å². The van der Waals surface area contributed by atoms with E-state index in [0.29, 0.717) is 0 Å². The van der Waals surface area contributed by atoms with Gasteiger partial charge in [0.15, 0.2) is 0 Å². The fourth-order valence-corrected chi connectivity index (χ4v) is 0. The summed E-state index contributed by atoms with van der Waals surface area (Å²) >= 11 is -7.88. The predicted molar refractivity (Wildman–Crippen MR) is 8.73 cm³/mol. The summed E-state index contributed by atoms with van der Waals surface area (Å²) in [5.74, 6) is 0. The van der Waals surface area contributed by atoms with Gasteiger partial charge in [0.2, 0.25) is 0 Å². The van der Waals surface area contributed by atoms with Crippen molar-refractivity contribution in [3.05, 3.63) is 0 Å². The van der Waals surface area contributed by atoms with Gasteiger partial charge in [0.05, 0.1) is 0 Å². The Labute approximate surface area is 145 Å². The van der Waals surface area contributed by atoms with Crippen molar-refractivity contribution >= 4 is 0 Å². The minimum absolute atomic E-state index is 0. The van der Waals surface area contributed by atoms with E-state index in [2.05, 4.69) is 0 Å². The van der Waals surface area contributed by atoms with Gasteiger partial charge in [-0.2, -0.15) is 0 Å². The van der Waals surface area contributed by atoms with Crippen LogP contribution in [0.2, 0.25) is 0 Å². The summed E-state index contributed by atoms with van der Waals surface area (Å²) in [6.07, 6.45) is 0. The Hall–Kier alpha value is 3.25. The Morgan fingerprint density at radius 1 is 0.667 bits per heavy atom.